The van der Waals surface area contributed by atoms with E-state index in [1.807, 2.05) is 0 Å². The molecule has 0 spiro atoms. The van der Waals surface area contributed by atoms with E-state index in [2.05, 4.69) is 30.4 Å². The van der Waals surface area contributed by atoms with Crippen LogP contribution < -0.4 is 20.4 Å². The Morgan fingerprint density at radius 2 is 1.72 bits per heavy atom. The molecule has 5 rings (SSSR count). The Balaban J connectivity index is 1.50. The van der Waals surface area contributed by atoms with Crippen LogP contribution in [0, 0.1) is 0 Å². The molecule has 1 aromatic carbocycles. The van der Waals surface area contributed by atoms with Gasteiger partial charge in [-0.25, -0.2) is 9.97 Å². The van der Waals surface area contributed by atoms with Crippen molar-refractivity contribution in [2.45, 2.75) is 19.4 Å². The molecule has 0 saturated carbocycles. The quantitative estimate of drug-likeness (QED) is 0.424. The highest BCUT2D eigenvalue weighted by atomic mass is 35.5. The number of piperazine rings is 1. The first-order chi connectivity index (χ1) is 15.6. The molecular weight excluding hydrogens is 432 g/mol. The van der Waals surface area contributed by atoms with E-state index in [0.29, 0.717) is 29.5 Å². The summed E-state index contributed by atoms with van der Waals surface area (Å²) in [5.41, 5.74) is 1.86. The summed E-state index contributed by atoms with van der Waals surface area (Å²) in [6.45, 7) is 5.65. The minimum Gasteiger partial charge on any atom is -0.504 e. The number of phenols is 2. The highest BCUT2D eigenvalue weighted by molar-refractivity contribution is 6.32. The molecule has 4 N–H and O–H groups in total. The van der Waals surface area contributed by atoms with Crippen molar-refractivity contribution in [2.75, 3.05) is 54.4 Å². The zero-order valence-electron chi connectivity index (χ0n) is 17.6. The van der Waals surface area contributed by atoms with Gasteiger partial charge in [0.1, 0.15) is 0 Å². The molecule has 3 aromatic rings. The number of hydrogen-bond donors (Lipinski definition) is 4. The molecule has 0 unspecified atom stereocenters. The number of anilines is 3. The highest BCUT2D eigenvalue weighted by Crippen LogP contribution is 2.31. The van der Waals surface area contributed by atoms with E-state index in [-0.39, 0.29) is 16.7 Å². The topological polar surface area (TPSA) is 123 Å². The smallest absolute Gasteiger partial charge is 0.229 e. The van der Waals surface area contributed by atoms with Gasteiger partial charge in [-0.05, 0) is 30.5 Å². The van der Waals surface area contributed by atoms with Gasteiger partial charge in [0.05, 0.1) is 0 Å². The molecule has 4 heterocycles. The predicted molar refractivity (Wildman–Crippen MR) is 124 cm³/mol. The van der Waals surface area contributed by atoms with Gasteiger partial charge in [0.25, 0.3) is 0 Å². The van der Waals surface area contributed by atoms with Crippen LogP contribution in [-0.2, 0) is 6.54 Å². The standard InChI is InChI=1S/C21H25ClN8O2/c22-17-19(24-12-13-3-4-14(31)15(32)11-13)26-18-16(25-17)20(29-7-1-2-8-29)28-21(27-18)30-9-5-23-6-10-30/h3-4,11,23,31-32H,1-2,5-10,12H2,(H,24,26,27,28). The molecule has 168 valence electrons. The number of nitrogens with zero attached hydrogens (tertiary/aromatic N) is 6. The summed E-state index contributed by atoms with van der Waals surface area (Å²) in [5.74, 6) is 1.51. The minimum atomic E-state index is -0.177. The van der Waals surface area contributed by atoms with Crippen molar-refractivity contribution in [2.24, 2.45) is 0 Å². The number of aromatic hydroxyl groups is 2. The molecular formula is C21H25ClN8O2. The summed E-state index contributed by atoms with van der Waals surface area (Å²) in [6.07, 6.45) is 2.24. The van der Waals surface area contributed by atoms with Gasteiger partial charge in [-0.2, -0.15) is 9.97 Å². The van der Waals surface area contributed by atoms with E-state index in [4.69, 9.17) is 21.6 Å². The van der Waals surface area contributed by atoms with Crippen LogP contribution in [0.1, 0.15) is 18.4 Å². The lowest BCUT2D eigenvalue weighted by atomic mass is 10.2. The maximum absolute atomic E-state index is 9.72. The van der Waals surface area contributed by atoms with Crippen molar-refractivity contribution in [3.63, 3.8) is 0 Å². The molecule has 11 heteroatoms. The van der Waals surface area contributed by atoms with Crippen molar-refractivity contribution in [3.8, 4) is 11.5 Å². The van der Waals surface area contributed by atoms with Crippen molar-refractivity contribution in [3.05, 3.63) is 28.9 Å². The Labute approximate surface area is 190 Å². The number of benzene rings is 1. The van der Waals surface area contributed by atoms with Crippen LogP contribution in [0.5, 0.6) is 11.5 Å². The van der Waals surface area contributed by atoms with E-state index >= 15 is 0 Å². The van der Waals surface area contributed by atoms with Crippen molar-refractivity contribution >= 4 is 40.3 Å². The third kappa shape index (κ3) is 4.15. The van der Waals surface area contributed by atoms with E-state index in [1.54, 1.807) is 6.07 Å². The van der Waals surface area contributed by atoms with Crippen LogP contribution in [0.2, 0.25) is 5.15 Å². The molecule has 2 aromatic heterocycles. The third-order valence-corrected chi connectivity index (χ3v) is 6.03. The monoisotopic (exact) mass is 456 g/mol. The SMILES string of the molecule is Oc1ccc(CNc2nc3nc(N4CCNCC4)nc(N4CCCC4)c3nc2Cl)cc1O. The number of halogens is 1. The summed E-state index contributed by atoms with van der Waals surface area (Å²) in [5, 5.41) is 26.0. The Hall–Kier alpha value is -3.11. The van der Waals surface area contributed by atoms with Gasteiger partial charge in [0.15, 0.2) is 39.5 Å². The summed E-state index contributed by atoms with van der Waals surface area (Å²) in [4.78, 5) is 23.3. The summed E-state index contributed by atoms with van der Waals surface area (Å²) < 4.78 is 0. The van der Waals surface area contributed by atoms with E-state index in [9.17, 15) is 10.2 Å². The van der Waals surface area contributed by atoms with Gasteiger partial charge in [0.2, 0.25) is 5.95 Å². The number of nitrogens with one attached hydrogen (secondary N) is 2. The Morgan fingerprint density at radius 1 is 0.938 bits per heavy atom. The highest BCUT2D eigenvalue weighted by Gasteiger charge is 2.24. The first-order valence-electron chi connectivity index (χ1n) is 10.8. The molecule has 0 bridgehead atoms. The van der Waals surface area contributed by atoms with Gasteiger partial charge < -0.3 is 30.6 Å². The lowest BCUT2D eigenvalue weighted by Crippen LogP contribution is -2.44. The van der Waals surface area contributed by atoms with E-state index < -0.39 is 0 Å². The number of rotatable bonds is 5. The number of fused-ring (bicyclic) bond motifs is 1. The maximum atomic E-state index is 9.72. The molecule has 0 radical (unpaired) electrons. The van der Waals surface area contributed by atoms with Crippen LogP contribution in [-0.4, -0.2) is 69.4 Å². The van der Waals surface area contributed by atoms with Gasteiger partial charge in [-0.1, -0.05) is 17.7 Å². The maximum Gasteiger partial charge on any atom is 0.229 e. The van der Waals surface area contributed by atoms with Crippen LogP contribution in [0.25, 0.3) is 11.2 Å². The number of hydrogen-bond acceptors (Lipinski definition) is 10. The second-order valence-electron chi connectivity index (χ2n) is 7.99. The Morgan fingerprint density at radius 3 is 2.47 bits per heavy atom. The zero-order chi connectivity index (χ0) is 22.1. The molecule has 2 fully saturated rings. The lowest BCUT2D eigenvalue weighted by molar-refractivity contribution is 0.403. The molecule has 10 nitrogen and oxygen atoms in total. The largest absolute Gasteiger partial charge is 0.504 e. The fraction of sp³-hybridized carbons (Fsp3) is 0.429. The third-order valence-electron chi connectivity index (χ3n) is 5.76. The van der Waals surface area contributed by atoms with Gasteiger partial charge in [0, 0.05) is 45.8 Å². The summed E-state index contributed by atoms with van der Waals surface area (Å²) in [6, 6.07) is 4.64. The second-order valence-corrected chi connectivity index (χ2v) is 8.35. The van der Waals surface area contributed by atoms with E-state index in [0.717, 1.165) is 63.5 Å². The molecule has 0 amide bonds. The minimum absolute atomic E-state index is 0.163. The molecule has 0 atom stereocenters. The van der Waals surface area contributed by atoms with Crippen LogP contribution in [0.3, 0.4) is 0 Å². The normalized spacial score (nSPS) is 16.7. The van der Waals surface area contributed by atoms with Gasteiger partial charge >= 0.3 is 0 Å². The van der Waals surface area contributed by atoms with Crippen molar-refractivity contribution in [1.29, 1.82) is 0 Å². The molecule has 0 aliphatic carbocycles. The van der Waals surface area contributed by atoms with Crippen LogP contribution in [0.15, 0.2) is 18.2 Å². The fourth-order valence-corrected chi connectivity index (χ4v) is 4.23. The fourth-order valence-electron chi connectivity index (χ4n) is 4.03. The van der Waals surface area contributed by atoms with Crippen molar-refractivity contribution < 1.29 is 10.2 Å². The first kappa shape index (κ1) is 20.8. The predicted octanol–water partition coefficient (Wildman–Crippen LogP) is 2.11. The average Bonchev–Trinajstić information content (AvgIpc) is 3.35. The number of phenolic OH excluding ortho intramolecular Hbond substituents is 2. The lowest BCUT2D eigenvalue weighted by Gasteiger charge is -2.28. The average molecular weight is 457 g/mol. The first-order valence-corrected chi connectivity index (χ1v) is 11.2. The van der Waals surface area contributed by atoms with E-state index in [1.165, 1.54) is 12.1 Å². The second kappa shape index (κ2) is 8.79. The Bertz CT molecular complexity index is 1130. The summed E-state index contributed by atoms with van der Waals surface area (Å²) >= 11 is 6.47. The molecule has 32 heavy (non-hydrogen) atoms. The molecule has 2 aliphatic rings. The van der Waals surface area contributed by atoms with Gasteiger partial charge in [-0.3, -0.25) is 0 Å². The van der Waals surface area contributed by atoms with Gasteiger partial charge in [-0.15, -0.1) is 0 Å². The zero-order valence-corrected chi connectivity index (χ0v) is 18.3. The van der Waals surface area contributed by atoms with Crippen molar-refractivity contribution in [1.82, 2.24) is 25.3 Å². The Kier molecular flexibility index (Phi) is 5.71. The molecule has 2 saturated heterocycles. The summed E-state index contributed by atoms with van der Waals surface area (Å²) in [7, 11) is 0. The number of aromatic nitrogens is 4. The van der Waals surface area contributed by atoms with Crippen LogP contribution >= 0.6 is 11.6 Å². The molecule has 2 aliphatic heterocycles. The van der Waals surface area contributed by atoms with Crippen LogP contribution in [0.4, 0.5) is 17.6 Å².